The topological polar surface area (TPSA) is 47.7 Å². The van der Waals surface area contributed by atoms with E-state index in [9.17, 15) is 13.2 Å². The SMILES string of the molecule is CCn1cc(CNCc2cc(C(F)(F)F)nn2C)cn1. The van der Waals surface area contributed by atoms with E-state index < -0.39 is 11.9 Å². The molecule has 0 spiro atoms. The lowest BCUT2D eigenvalue weighted by Crippen LogP contribution is -2.14. The quantitative estimate of drug-likeness (QED) is 0.914. The average Bonchev–Trinajstić information content (AvgIpc) is 2.96. The molecule has 0 unspecified atom stereocenters. The van der Waals surface area contributed by atoms with Crippen molar-refractivity contribution in [1.29, 1.82) is 0 Å². The second kappa shape index (κ2) is 5.66. The van der Waals surface area contributed by atoms with Gasteiger partial charge in [0.1, 0.15) is 0 Å². The third-order valence-electron chi connectivity index (χ3n) is 2.91. The van der Waals surface area contributed by atoms with E-state index >= 15 is 0 Å². The molecule has 2 aromatic heterocycles. The maximum absolute atomic E-state index is 12.5. The number of nitrogens with one attached hydrogen (secondary N) is 1. The fourth-order valence-electron chi connectivity index (χ4n) is 1.82. The molecule has 2 aromatic rings. The number of alkyl halides is 3. The van der Waals surface area contributed by atoms with Crippen LogP contribution in [0.4, 0.5) is 13.2 Å². The van der Waals surface area contributed by atoms with E-state index in [-0.39, 0.29) is 0 Å². The molecule has 0 aliphatic heterocycles. The van der Waals surface area contributed by atoms with Gasteiger partial charge in [-0.25, -0.2) is 0 Å². The van der Waals surface area contributed by atoms with Crippen LogP contribution in [-0.2, 0) is 32.9 Å². The molecular formula is C12H16F3N5. The molecule has 0 atom stereocenters. The van der Waals surface area contributed by atoms with Gasteiger partial charge in [-0.05, 0) is 13.0 Å². The van der Waals surface area contributed by atoms with Gasteiger partial charge < -0.3 is 5.32 Å². The Labute approximate surface area is 114 Å². The molecule has 0 fully saturated rings. The summed E-state index contributed by atoms with van der Waals surface area (Å²) in [5.74, 6) is 0. The van der Waals surface area contributed by atoms with E-state index in [0.29, 0.717) is 18.8 Å². The lowest BCUT2D eigenvalue weighted by atomic mass is 10.3. The minimum atomic E-state index is -4.40. The Morgan fingerprint density at radius 2 is 2.05 bits per heavy atom. The van der Waals surface area contributed by atoms with Gasteiger partial charge in [-0.1, -0.05) is 0 Å². The van der Waals surface area contributed by atoms with Crippen LogP contribution in [0.2, 0.25) is 0 Å². The summed E-state index contributed by atoms with van der Waals surface area (Å²) in [7, 11) is 1.50. The van der Waals surface area contributed by atoms with Crippen LogP contribution in [0.15, 0.2) is 18.5 Å². The van der Waals surface area contributed by atoms with Gasteiger partial charge in [0.25, 0.3) is 0 Å². The molecule has 110 valence electrons. The highest BCUT2D eigenvalue weighted by Gasteiger charge is 2.34. The Morgan fingerprint density at radius 1 is 1.30 bits per heavy atom. The number of aryl methyl sites for hydroxylation is 2. The molecule has 0 saturated heterocycles. The first-order valence-corrected chi connectivity index (χ1v) is 6.22. The minimum Gasteiger partial charge on any atom is -0.307 e. The molecule has 0 aliphatic carbocycles. The smallest absolute Gasteiger partial charge is 0.307 e. The number of rotatable bonds is 5. The summed E-state index contributed by atoms with van der Waals surface area (Å²) >= 11 is 0. The maximum Gasteiger partial charge on any atom is 0.435 e. The highest BCUT2D eigenvalue weighted by molar-refractivity contribution is 5.13. The molecule has 20 heavy (non-hydrogen) atoms. The Kier molecular flexibility index (Phi) is 4.12. The van der Waals surface area contributed by atoms with Gasteiger partial charge in [0, 0.05) is 38.4 Å². The Hall–Kier alpha value is -1.83. The number of halogens is 3. The molecule has 0 aliphatic rings. The van der Waals surface area contributed by atoms with Crippen molar-refractivity contribution in [3.63, 3.8) is 0 Å². The highest BCUT2D eigenvalue weighted by atomic mass is 19.4. The van der Waals surface area contributed by atoms with Crippen molar-refractivity contribution >= 4 is 0 Å². The fourth-order valence-corrected chi connectivity index (χ4v) is 1.82. The monoisotopic (exact) mass is 287 g/mol. The lowest BCUT2D eigenvalue weighted by Gasteiger charge is -2.03. The van der Waals surface area contributed by atoms with Crippen molar-refractivity contribution in [1.82, 2.24) is 24.9 Å². The molecule has 5 nitrogen and oxygen atoms in total. The third kappa shape index (κ3) is 3.38. The minimum absolute atomic E-state index is 0.316. The molecule has 0 radical (unpaired) electrons. The second-order valence-corrected chi connectivity index (χ2v) is 4.45. The zero-order valence-electron chi connectivity index (χ0n) is 11.3. The van der Waals surface area contributed by atoms with Gasteiger partial charge in [-0.2, -0.15) is 23.4 Å². The van der Waals surface area contributed by atoms with Crippen LogP contribution < -0.4 is 5.32 Å². The van der Waals surface area contributed by atoms with Crippen LogP contribution in [0.1, 0.15) is 23.9 Å². The number of nitrogens with zero attached hydrogens (tertiary/aromatic N) is 4. The van der Waals surface area contributed by atoms with Crippen LogP contribution >= 0.6 is 0 Å². The number of aromatic nitrogens is 4. The molecule has 0 bridgehead atoms. The summed E-state index contributed by atoms with van der Waals surface area (Å²) < 4.78 is 40.5. The van der Waals surface area contributed by atoms with Crippen molar-refractivity contribution in [2.45, 2.75) is 32.7 Å². The summed E-state index contributed by atoms with van der Waals surface area (Å²) in [6, 6.07) is 1.06. The van der Waals surface area contributed by atoms with Crippen LogP contribution in [0.3, 0.4) is 0 Å². The molecule has 2 rings (SSSR count). The largest absolute Gasteiger partial charge is 0.435 e. The van der Waals surface area contributed by atoms with E-state index in [0.717, 1.165) is 18.2 Å². The predicted octanol–water partition coefficient (Wildman–Crippen LogP) is 1.95. The summed E-state index contributed by atoms with van der Waals surface area (Å²) in [5.41, 5.74) is 0.612. The molecular weight excluding hydrogens is 271 g/mol. The normalized spacial score (nSPS) is 12.1. The summed E-state index contributed by atoms with van der Waals surface area (Å²) in [5, 5.41) is 10.7. The van der Waals surface area contributed by atoms with E-state index in [1.165, 1.54) is 11.7 Å². The van der Waals surface area contributed by atoms with E-state index in [2.05, 4.69) is 15.5 Å². The third-order valence-corrected chi connectivity index (χ3v) is 2.91. The first-order chi connectivity index (χ1) is 9.40. The van der Waals surface area contributed by atoms with E-state index in [1.807, 2.05) is 13.1 Å². The maximum atomic E-state index is 12.5. The second-order valence-electron chi connectivity index (χ2n) is 4.45. The summed E-state index contributed by atoms with van der Waals surface area (Å²) in [4.78, 5) is 0. The molecule has 0 amide bonds. The summed E-state index contributed by atoms with van der Waals surface area (Å²) in [6.45, 7) is 3.64. The van der Waals surface area contributed by atoms with Gasteiger partial charge in [0.05, 0.1) is 11.9 Å². The van der Waals surface area contributed by atoms with Gasteiger partial charge >= 0.3 is 6.18 Å². The van der Waals surface area contributed by atoms with Gasteiger partial charge in [-0.15, -0.1) is 0 Å². The molecule has 1 N–H and O–H groups in total. The van der Waals surface area contributed by atoms with E-state index in [1.54, 1.807) is 10.9 Å². The molecule has 2 heterocycles. The number of hydrogen-bond donors (Lipinski definition) is 1. The predicted molar refractivity (Wildman–Crippen MR) is 66.7 cm³/mol. The van der Waals surface area contributed by atoms with Crippen molar-refractivity contribution in [2.24, 2.45) is 7.05 Å². The molecule has 0 aromatic carbocycles. The Morgan fingerprint density at radius 3 is 2.60 bits per heavy atom. The van der Waals surface area contributed by atoms with Crippen LogP contribution in [-0.4, -0.2) is 19.6 Å². The summed E-state index contributed by atoms with van der Waals surface area (Å²) in [6.07, 6.45) is -0.767. The van der Waals surface area contributed by atoms with Crippen molar-refractivity contribution in [2.75, 3.05) is 0 Å². The molecule has 0 saturated carbocycles. The number of hydrogen-bond acceptors (Lipinski definition) is 3. The van der Waals surface area contributed by atoms with Crippen molar-refractivity contribution in [3.8, 4) is 0 Å². The van der Waals surface area contributed by atoms with Crippen LogP contribution in [0.25, 0.3) is 0 Å². The standard InChI is InChI=1S/C12H16F3N5/c1-3-20-8-9(6-17-20)5-16-7-10-4-11(12(13,14)15)18-19(10)2/h4,6,8,16H,3,5,7H2,1-2H3. The van der Waals surface area contributed by atoms with Crippen molar-refractivity contribution in [3.05, 3.63) is 35.4 Å². The van der Waals surface area contributed by atoms with E-state index in [4.69, 9.17) is 0 Å². The van der Waals surface area contributed by atoms with Gasteiger partial charge in [0.2, 0.25) is 0 Å². The zero-order valence-corrected chi connectivity index (χ0v) is 11.3. The van der Waals surface area contributed by atoms with Crippen LogP contribution in [0.5, 0.6) is 0 Å². The first kappa shape index (κ1) is 14.6. The lowest BCUT2D eigenvalue weighted by molar-refractivity contribution is -0.141. The Bertz CT molecular complexity index is 570. The fraction of sp³-hybridized carbons (Fsp3) is 0.500. The van der Waals surface area contributed by atoms with Crippen molar-refractivity contribution < 1.29 is 13.2 Å². The van der Waals surface area contributed by atoms with Gasteiger partial charge in [0.15, 0.2) is 5.69 Å². The van der Waals surface area contributed by atoms with Crippen LogP contribution in [0, 0.1) is 0 Å². The Balaban J connectivity index is 1.92. The molecule has 8 heteroatoms. The first-order valence-electron chi connectivity index (χ1n) is 6.22. The zero-order chi connectivity index (χ0) is 14.8. The average molecular weight is 287 g/mol. The highest BCUT2D eigenvalue weighted by Crippen LogP contribution is 2.28. The van der Waals surface area contributed by atoms with Gasteiger partial charge in [-0.3, -0.25) is 9.36 Å².